The monoisotopic (exact) mass is 639 g/mol. The lowest BCUT2D eigenvalue weighted by Gasteiger charge is -2.36. The number of thiazole rings is 1. The summed E-state index contributed by atoms with van der Waals surface area (Å²) in [5, 5.41) is 10.7. The molecule has 0 bridgehead atoms. The molecule has 3 heterocycles. The molecule has 1 fully saturated rings. The fourth-order valence-corrected chi connectivity index (χ4v) is 7.22. The first-order chi connectivity index (χ1) is 22.9. The van der Waals surface area contributed by atoms with Gasteiger partial charge in [-0.2, -0.15) is 0 Å². The molecule has 7 rings (SSSR count). The number of fused-ring (bicyclic) bond motifs is 2. The van der Waals surface area contributed by atoms with Crippen molar-refractivity contribution >= 4 is 56.4 Å². The molecule has 47 heavy (non-hydrogen) atoms. The van der Waals surface area contributed by atoms with Crippen LogP contribution in [0.4, 0.5) is 5.69 Å². The first-order valence-electron chi connectivity index (χ1n) is 15.6. The second-order valence-electron chi connectivity index (χ2n) is 12.2. The Balaban J connectivity index is 1.33. The van der Waals surface area contributed by atoms with Crippen LogP contribution in [-0.2, 0) is 4.79 Å². The molecule has 0 unspecified atom stereocenters. The van der Waals surface area contributed by atoms with Gasteiger partial charge in [0.25, 0.3) is 17.7 Å². The van der Waals surface area contributed by atoms with Crippen molar-refractivity contribution in [3.8, 4) is 11.1 Å². The van der Waals surface area contributed by atoms with Crippen LogP contribution in [0.25, 0.3) is 32.8 Å². The molecule has 1 atom stereocenters. The van der Waals surface area contributed by atoms with E-state index in [9.17, 15) is 14.4 Å². The summed E-state index contributed by atoms with van der Waals surface area (Å²) in [6.07, 6.45) is 2.38. The Morgan fingerprint density at radius 3 is 2.45 bits per heavy atom. The van der Waals surface area contributed by atoms with Crippen LogP contribution in [0.3, 0.4) is 0 Å². The molecule has 0 radical (unpaired) electrons. The van der Waals surface area contributed by atoms with Crippen LogP contribution in [0, 0.1) is 5.92 Å². The predicted octanol–water partition coefficient (Wildman–Crippen LogP) is 7.52. The van der Waals surface area contributed by atoms with Crippen LogP contribution in [0.2, 0.25) is 0 Å². The number of carbonyl (C=O) groups excluding carboxylic acids is 3. The van der Waals surface area contributed by atoms with Crippen molar-refractivity contribution < 1.29 is 14.4 Å². The molecular weight excluding hydrogens is 607 g/mol. The molecule has 1 aliphatic rings. The molecule has 2 aromatic heterocycles. The maximum Gasteiger partial charge on any atom is 0.296 e. The van der Waals surface area contributed by atoms with E-state index in [1.54, 1.807) is 23.2 Å². The number of amides is 3. The molecule has 4 aromatic carbocycles. The number of hydrogen-bond donors (Lipinski definition) is 1. The molecule has 6 aromatic rings. The molecule has 1 aliphatic heterocycles. The number of pyridine rings is 1. The van der Waals surface area contributed by atoms with E-state index in [1.807, 2.05) is 86.6 Å². The zero-order chi connectivity index (χ0) is 32.5. The highest BCUT2D eigenvalue weighted by Gasteiger charge is 2.51. The second kappa shape index (κ2) is 12.4. The topological polar surface area (TPSA) is 95.5 Å². The largest absolute Gasteiger partial charge is 0.337 e. The van der Waals surface area contributed by atoms with Crippen LogP contribution < -0.4 is 10.3 Å². The van der Waals surface area contributed by atoms with Crippen molar-refractivity contribution in [1.82, 2.24) is 20.3 Å². The Hall–Kier alpha value is -5.41. The Bertz CT molecular complexity index is 2120. The van der Waals surface area contributed by atoms with Crippen LogP contribution >= 0.6 is 11.3 Å². The molecule has 1 saturated heterocycles. The summed E-state index contributed by atoms with van der Waals surface area (Å²) < 4.78 is 0. The van der Waals surface area contributed by atoms with Gasteiger partial charge in [0.15, 0.2) is 0 Å². The number of rotatable bonds is 8. The van der Waals surface area contributed by atoms with E-state index in [0.29, 0.717) is 29.6 Å². The number of carbonyl (C=O) groups is 3. The summed E-state index contributed by atoms with van der Waals surface area (Å²) in [5.74, 6) is -1.06. The van der Waals surface area contributed by atoms with E-state index in [4.69, 9.17) is 0 Å². The lowest BCUT2D eigenvalue weighted by Crippen LogP contribution is -2.58. The van der Waals surface area contributed by atoms with Crippen molar-refractivity contribution in [3.05, 3.63) is 125 Å². The molecule has 8 nitrogen and oxygen atoms in total. The average Bonchev–Trinajstić information content (AvgIpc) is 3.74. The summed E-state index contributed by atoms with van der Waals surface area (Å²) in [7, 11) is 0. The van der Waals surface area contributed by atoms with Gasteiger partial charge in [0, 0.05) is 29.1 Å². The van der Waals surface area contributed by atoms with Gasteiger partial charge in [-0.25, -0.2) is 15.0 Å². The molecule has 9 heteroatoms. The molecule has 0 saturated carbocycles. The SMILES string of the molecule is CC(C)C[C@@]1(NC(=O)c2cccc3cccnc23)CCN(N(C(=O)c2cscn2)c2ccccc2-c2cccc3ccccc23)C1=O. The van der Waals surface area contributed by atoms with Crippen molar-refractivity contribution in [2.24, 2.45) is 5.92 Å². The van der Waals surface area contributed by atoms with Crippen molar-refractivity contribution in [3.63, 3.8) is 0 Å². The smallest absolute Gasteiger partial charge is 0.296 e. The van der Waals surface area contributed by atoms with Crippen LogP contribution in [-0.4, -0.2) is 44.8 Å². The highest BCUT2D eigenvalue weighted by molar-refractivity contribution is 7.07. The highest BCUT2D eigenvalue weighted by atomic mass is 32.1. The van der Waals surface area contributed by atoms with Gasteiger partial charge < -0.3 is 5.32 Å². The number of para-hydroxylation sites is 2. The summed E-state index contributed by atoms with van der Waals surface area (Å²) in [6, 6.07) is 31.0. The molecule has 234 valence electrons. The zero-order valence-corrected chi connectivity index (χ0v) is 26.9. The minimum absolute atomic E-state index is 0.0792. The van der Waals surface area contributed by atoms with Crippen molar-refractivity contribution in [2.75, 3.05) is 11.6 Å². The third-order valence-corrected chi connectivity index (χ3v) is 9.26. The Morgan fingerprint density at radius 2 is 1.62 bits per heavy atom. The highest BCUT2D eigenvalue weighted by Crippen LogP contribution is 2.40. The van der Waals surface area contributed by atoms with Gasteiger partial charge in [0.2, 0.25) is 0 Å². The third kappa shape index (κ3) is 5.53. The normalized spacial score (nSPS) is 16.2. The molecule has 1 N–H and O–H groups in total. The fraction of sp³-hybridized carbons (Fsp3) is 0.184. The average molecular weight is 640 g/mol. The standard InChI is InChI=1S/C38H33N5O3S/c1-25(2)22-38(41-35(44)31-17-8-12-27-13-9-20-39-34(27)31)19-21-42(37(38)46)43(36(45)32-23-47-24-40-32)33-18-6-5-15-30(33)29-16-7-11-26-10-3-4-14-28(26)29/h3-18,20,23-25H,19,21-22H2,1-2H3,(H,41,44)/t38-/m0/s1. The quantitative estimate of drug-likeness (QED) is 0.186. The first kappa shape index (κ1) is 30.3. The number of benzene rings is 4. The minimum atomic E-state index is -1.24. The number of hydrogen-bond acceptors (Lipinski definition) is 6. The van der Waals surface area contributed by atoms with E-state index >= 15 is 0 Å². The molecule has 0 spiro atoms. The number of aromatic nitrogens is 2. The third-order valence-electron chi connectivity index (χ3n) is 8.68. The van der Waals surface area contributed by atoms with Gasteiger partial charge in [-0.1, -0.05) is 92.7 Å². The Labute approximate surface area is 276 Å². The predicted molar refractivity (Wildman–Crippen MR) is 186 cm³/mol. The van der Waals surface area contributed by atoms with Gasteiger partial charge in [-0.15, -0.1) is 11.3 Å². The van der Waals surface area contributed by atoms with Crippen LogP contribution in [0.5, 0.6) is 0 Å². The second-order valence-corrected chi connectivity index (χ2v) is 12.9. The number of nitrogens with one attached hydrogen (secondary N) is 1. The number of nitrogens with zero attached hydrogens (tertiary/aromatic N) is 4. The summed E-state index contributed by atoms with van der Waals surface area (Å²) >= 11 is 1.32. The van der Waals surface area contributed by atoms with Crippen molar-refractivity contribution in [2.45, 2.75) is 32.2 Å². The van der Waals surface area contributed by atoms with E-state index in [1.165, 1.54) is 21.4 Å². The van der Waals surface area contributed by atoms with Gasteiger partial charge in [-0.3, -0.25) is 19.4 Å². The fourth-order valence-electron chi connectivity index (χ4n) is 6.69. The Kier molecular flexibility index (Phi) is 7.99. The number of hydrazine groups is 1. The maximum absolute atomic E-state index is 14.8. The summed E-state index contributed by atoms with van der Waals surface area (Å²) in [6.45, 7) is 4.27. The van der Waals surface area contributed by atoms with Gasteiger partial charge in [0.1, 0.15) is 11.2 Å². The van der Waals surface area contributed by atoms with E-state index in [0.717, 1.165) is 27.3 Å². The lowest BCUT2D eigenvalue weighted by atomic mass is 9.87. The molecule has 3 amide bonds. The maximum atomic E-state index is 14.8. The number of anilines is 1. The van der Waals surface area contributed by atoms with Gasteiger partial charge in [0.05, 0.1) is 22.3 Å². The minimum Gasteiger partial charge on any atom is -0.337 e. The summed E-state index contributed by atoms with van der Waals surface area (Å²) in [4.78, 5) is 52.0. The van der Waals surface area contributed by atoms with E-state index in [2.05, 4.69) is 33.5 Å². The first-order valence-corrected chi connectivity index (χ1v) is 16.6. The van der Waals surface area contributed by atoms with E-state index < -0.39 is 11.4 Å². The van der Waals surface area contributed by atoms with E-state index in [-0.39, 0.29) is 30.0 Å². The van der Waals surface area contributed by atoms with Crippen molar-refractivity contribution in [1.29, 1.82) is 0 Å². The van der Waals surface area contributed by atoms with Crippen LogP contribution in [0.1, 0.15) is 47.5 Å². The Morgan fingerprint density at radius 1 is 0.894 bits per heavy atom. The summed E-state index contributed by atoms with van der Waals surface area (Å²) in [5.41, 5.74) is 3.86. The van der Waals surface area contributed by atoms with Crippen LogP contribution in [0.15, 0.2) is 114 Å². The zero-order valence-electron chi connectivity index (χ0n) is 26.1. The molecular formula is C38H33N5O3S. The lowest BCUT2D eigenvalue weighted by molar-refractivity contribution is -0.133. The van der Waals surface area contributed by atoms with Gasteiger partial charge >= 0.3 is 0 Å². The van der Waals surface area contributed by atoms with Gasteiger partial charge in [-0.05, 0) is 53.3 Å². The molecule has 0 aliphatic carbocycles.